The lowest BCUT2D eigenvalue weighted by Gasteiger charge is -2.33. The second-order valence-electron chi connectivity index (χ2n) is 5.86. The van der Waals surface area contributed by atoms with Crippen LogP contribution in [0.4, 0.5) is 10.5 Å². The van der Waals surface area contributed by atoms with Crippen LogP contribution >= 0.6 is 0 Å². The van der Waals surface area contributed by atoms with E-state index in [0.717, 1.165) is 9.80 Å². The Bertz CT molecular complexity index is 890. The zero-order valence-electron chi connectivity index (χ0n) is 14.7. The number of barbiturate groups is 1. The molecule has 7 heteroatoms. The number of urea groups is 1. The minimum absolute atomic E-state index is 0.0255. The van der Waals surface area contributed by atoms with Crippen LogP contribution in [0, 0.1) is 0 Å². The molecule has 0 unspecified atom stereocenters. The minimum atomic E-state index is -0.712. The van der Waals surface area contributed by atoms with Crippen LogP contribution in [-0.2, 0) is 14.3 Å². The minimum Gasteiger partial charge on any atom is -0.508 e. The lowest BCUT2D eigenvalue weighted by Crippen LogP contribution is -2.57. The predicted molar refractivity (Wildman–Crippen MR) is 99.0 cm³/mol. The fraction of sp³-hybridized carbons (Fsp3) is 0.150. The highest BCUT2D eigenvalue weighted by atomic mass is 16.5. The van der Waals surface area contributed by atoms with Crippen LogP contribution in [0.3, 0.4) is 0 Å². The Morgan fingerprint density at radius 2 is 1.63 bits per heavy atom. The zero-order chi connectivity index (χ0) is 19.4. The summed E-state index contributed by atoms with van der Waals surface area (Å²) in [6, 6.07) is 13.8. The summed E-state index contributed by atoms with van der Waals surface area (Å²) in [6.45, 7) is 0.179. The van der Waals surface area contributed by atoms with Gasteiger partial charge in [0.15, 0.2) is 0 Å². The number of aromatic hydroxyl groups is 1. The average molecular weight is 366 g/mol. The molecular weight excluding hydrogens is 348 g/mol. The maximum absolute atomic E-state index is 12.9. The first kappa shape index (κ1) is 18.3. The van der Waals surface area contributed by atoms with E-state index in [1.54, 1.807) is 42.5 Å². The number of benzene rings is 2. The van der Waals surface area contributed by atoms with Gasteiger partial charge in [-0.05, 0) is 35.9 Å². The van der Waals surface area contributed by atoms with Crippen molar-refractivity contribution in [2.24, 2.45) is 0 Å². The lowest BCUT2D eigenvalue weighted by atomic mass is 10.1. The number of carbonyl (C=O) groups is 3. The first-order valence-electron chi connectivity index (χ1n) is 8.28. The van der Waals surface area contributed by atoms with Gasteiger partial charge in [0.1, 0.15) is 11.3 Å². The van der Waals surface area contributed by atoms with E-state index in [9.17, 15) is 19.5 Å². The molecule has 0 spiro atoms. The second-order valence-corrected chi connectivity index (χ2v) is 5.86. The van der Waals surface area contributed by atoms with Crippen molar-refractivity contribution in [1.82, 2.24) is 4.90 Å². The summed E-state index contributed by atoms with van der Waals surface area (Å²) >= 11 is 0. The fourth-order valence-electron chi connectivity index (χ4n) is 2.70. The summed E-state index contributed by atoms with van der Waals surface area (Å²) in [7, 11) is 1.46. The molecule has 0 aliphatic carbocycles. The predicted octanol–water partition coefficient (Wildman–Crippen LogP) is 2.42. The van der Waals surface area contributed by atoms with E-state index in [-0.39, 0.29) is 24.5 Å². The lowest BCUT2D eigenvalue weighted by molar-refractivity contribution is -0.129. The van der Waals surface area contributed by atoms with Crippen molar-refractivity contribution in [1.29, 1.82) is 0 Å². The Hall–Kier alpha value is -3.45. The maximum Gasteiger partial charge on any atom is 0.338 e. The molecule has 0 saturated carbocycles. The number of carbonyl (C=O) groups excluding carboxylic acids is 3. The van der Waals surface area contributed by atoms with E-state index in [2.05, 4.69) is 0 Å². The molecule has 0 aromatic heterocycles. The number of amides is 4. The Balaban J connectivity index is 2.05. The monoisotopic (exact) mass is 366 g/mol. The zero-order valence-corrected chi connectivity index (χ0v) is 14.7. The van der Waals surface area contributed by atoms with Gasteiger partial charge in [0, 0.05) is 7.11 Å². The van der Waals surface area contributed by atoms with Gasteiger partial charge in [-0.2, -0.15) is 0 Å². The second kappa shape index (κ2) is 7.84. The Labute approximate surface area is 156 Å². The Morgan fingerprint density at radius 1 is 0.963 bits per heavy atom. The standard InChI is InChI=1S/C20H18N2O5/c1-27-12-11-21-18(24)17(13-14-7-9-16(23)10-8-14)19(25)22(20(21)26)15-5-3-2-4-6-15/h2-10,13,23H,11-12H2,1H3/b17-13-. The molecule has 7 nitrogen and oxygen atoms in total. The first-order valence-corrected chi connectivity index (χ1v) is 8.28. The van der Waals surface area contributed by atoms with Gasteiger partial charge < -0.3 is 9.84 Å². The summed E-state index contributed by atoms with van der Waals surface area (Å²) in [5.74, 6) is -1.30. The molecule has 1 saturated heterocycles. The van der Waals surface area contributed by atoms with Gasteiger partial charge in [-0.15, -0.1) is 0 Å². The van der Waals surface area contributed by atoms with Crippen LogP contribution < -0.4 is 4.90 Å². The number of imide groups is 2. The van der Waals surface area contributed by atoms with E-state index < -0.39 is 17.8 Å². The topological polar surface area (TPSA) is 87.2 Å². The molecule has 1 N–H and O–H groups in total. The SMILES string of the molecule is COCCN1C(=O)/C(=C/c2ccc(O)cc2)C(=O)N(c2ccccc2)C1=O. The van der Waals surface area contributed by atoms with Crippen LogP contribution in [0.2, 0.25) is 0 Å². The molecule has 1 aliphatic rings. The number of anilines is 1. The van der Waals surface area contributed by atoms with Crippen LogP contribution in [0.25, 0.3) is 6.08 Å². The summed E-state index contributed by atoms with van der Waals surface area (Å²) in [5.41, 5.74) is 0.790. The highest BCUT2D eigenvalue weighted by Gasteiger charge is 2.42. The molecule has 2 aromatic rings. The molecule has 2 aromatic carbocycles. The Kier molecular flexibility index (Phi) is 5.33. The van der Waals surface area contributed by atoms with Crippen molar-refractivity contribution in [3.8, 4) is 5.75 Å². The van der Waals surface area contributed by atoms with Gasteiger partial charge in [-0.1, -0.05) is 30.3 Å². The number of hydrogen-bond donors (Lipinski definition) is 1. The van der Waals surface area contributed by atoms with E-state index in [1.165, 1.54) is 25.3 Å². The number of phenolic OH excluding ortho intramolecular Hbond substituents is 1. The molecule has 138 valence electrons. The van der Waals surface area contributed by atoms with Gasteiger partial charge in [-0.25, -0.2) is 9.69 Å². The summed E-state index contributed by atoms with van der Waals surface area (Å²) in [5, 5.41) is 9.40. The molecule has 0 atom stereocenters. The molecular formula is C20H18N2O5. The molecule has 27 heavy (non-hydrogen) atoms. The van der Waals surface area contributed by atoms with Crippen molar-refractivity contribution in [3.05, 3.63) is 65.7 Å². The number of para-hydroxylation sites is 1. The number of phenols is 1. The molecule has 0 radical (unpaired) electrons. The first-order chi connectivity index (χ1) is 13.0. The average Bonchev–Trinajstić information content (AvgIpc) is 2.67. The highest BCUT2D eigenvalue weighted by Crippen LogP contribution is 2.26. The third-order valence-electron chi connectivity index (χ3n) is 4.07. The highest BCUT2D eigenvalue weighted by molar-refractivity contribution is 6.39. The number of methoxy groups -OCH3 is 1. The third kappa shape index (κ3) is 3.73. The molecule has 3 rings (SSSR count). The summed E-state index contributed by atoms with van der Waals surface area (Å²) in [4.78, 5) is 40.5. The molecule has 4 amide bonds. The van der Waals surface area contributed by atoms with E-state index in [1.807, 2.05) is 0 Å². The number of ether oxygens (including phenoxy) is 1. The smallest absolute Gasteiger partial charge is 0.338 e. The normalized spacial score (nSPS) is 16.3. The van der Waals surface area contributed by atoms with Gasteiger partial charge >= 0.3 is 6.03 Å². The number of hydrogen-bond acceptors (Lipinski definition) is 5. The summed E-state index contributed by atoms with van der Waals surface area (Å²) in [6.07, 6.45) is 1.41. The van der Waals surface area contributed by atoms with Gasteiger partial charge in [0.25, 0.3) is 11.8 Å². The quantitative estimate of drug-likeness (QED) is 0.649. The van der Waals surface area contributed by atoms with Crippen LogP contribution in [-0.4, -0.2) is 48.1 Å². The number of nitrogens with zero attached hydrogens (tertiary/aromatic N) is 2. The fourth-order valence-corrected chi connectivity index (χ4v) is 2.70. The van der Waals surface area contributed by atoms with Crippen LogP contribution in [0.15, 0.2) is 60.2 Å². The summed E-state index contributed by atoms with van der Waals surface area (Å²) < 4.78 is 4.98. The third-order valence-corrected chi connectivity index (χ3v) is 4.07. The molecule has 0 bridgehead atoms. The largest absolute Gasteiger partial charge is 0.508 e. The van der Waals surface area contributed by atoms with E-state index in [0.29, 0.717) is 11.3 Å². The molecule has 1 fully saturated rings. The van der Waals surface area contributed by atoms with Crippen molar-refractivity contribution in [2.45, 2.75) is 0 Å². The van der Waals surface area contributed by atoms with Crippen LogP contribution in [0.5, 0.6) is 5.75 Å². The van der Waals surface area contributed by atoms with Crippen LogP contribution in [0.1, 0.15) is 5.56 Å². The molecule has 1 aliphatic heterocycles. The maximum atomic E-state index is 12.9. The van der Waals surface area contributed by atoms with Crippen molar-refractivity contribution >= 4 is 29.6 Å². The van der Waals surface area contributed by atoms with Crippen molar-refractivity contribution in [3.63, 3.8) is 0 Å². The van der Waals surface area contributed by atoms with Crippen molar-refractivity contribution < 1.29 is 24.2 Å². The van der Waals surface area contributed by atoms with Gasteiger partial charge in [0.2, 0.25) is 0 Å². The van der Waals surface area contributed by atoms with E-state index in [4.69, 9.17) is 4.74 Å². The number of rotatable bonds is 5. The van der Waals surface area contributed by atoms with E-state index >= 15 is 0 Å². The molecule has 1 heterocycles. The Morgan fingerprint density at radius 3 is 2.26 bits per heavy atom. The van der Waals surface area contributed by atoms with Crippen molar-refractivity contribution in [2.75, 3.05) is 25.2 Å². The van der Waals surface area contributed by atoms with Gasteiger partial charge in [-0.3, -0.25) is 14.5 Å². The van der Waals surface area contributed by atoms with Gasteiger partial charge in [0.05, 0.1) is 18.8 Å².